The van der Waals surface area contributed by atoms with Gasteiger partial charge in [-0.1, -0.05) is 111 Å². The topological polar surface area (TPSA) is 366 Å². The zero-order valence-electron chi connectivity index (χ0n) is 79.1. The van der Waals surface area contributed by atoms with Gasteiger partial charge in [0.2, 0.25) is 5.91 Å². The number of esters is 5. The van der Waals surface area contributed by atoms with Crippen molar-refractivity contribution in [2.75, 3.05) is 39.6 Å². The summed E-state index contributed by atoms with van der Waals surface area (Å²) in [4.78, 5) is 138. The molecule has 5 aromatic heterocycles. The minimum Gasteiger partial charge on any atom is -0.462 e. The van der Waals surface area contributed by atoms with Gasteiger partial charge in [0.05, 0.1) is 67.5 Å². The number of carbonyl (C=O) groups is 6. The average molecular weight is 1780 g/mol. The number of fused-ring (bicyclic) bond motifs is 5. The molecule has 5 aliphatic rings. The van der Waals surface area contributed by atoms with E-state index in [1.54, 1.807) is 164 Å². The quantitative estimate of drug-likeness (QED) is 0.0166. The van der Waals surface area contributed by atoms with E-state index in [-0.39, 0.29) is 67.4 Å². The molecule has 0 aromatic carbocycles. The third-order valence-corrected chi connectivity index (χ3v) is 20.8. The molecular formula is C104H124N6O20. The third-order valence-electron chi connectivity index (χ3n) is 20.8. The molecule has 5 heterocycles. The van der Waals surface area contributed by atoms with E-state index in [9.17, 15) is 73.2 Å². The number of aliphatic hydroxyl groups excluding tert-OH is 1. The summed E-state index contributed by atoms with van der Waals surface area (Å²) in [5.41, 5.74) is 13.8. The molecule has 0 saturated heterocycles. The molecule has 26 nitrogen and oxygen atoms in total. The fraction of sp³-hybridized carbons (Fsp3) is 0.433. The van der Waals surface area contributed by atoms with Crippen molar-refractivity contribution >= 4 is 63.6 Å². The van der Waals surface area contributed by atoms with Crippen LogP contribution >= 0.6 is 0 Å². The highest BCUT2D eigenvalue weighted by Gasteiger charge is 2.38. The van der Waals surface area contributed by atoms with E-state index < -0.39 is 63.4 Å². The largest absolute Gasteiger partial charge is 0.462 e. The zero-order chi connectivity index (χ0) is 97.6. The van der Waals surface area contributed by atoms with Crippen molar-refractivity contribution in [3.8, 4) is 59.2 Å². The SMILES string of the molecule is C=CCCn1cc(C#CC(C)(C)C(N)=O)c2c(c1=O)CC(C)=C2C(=O)OCC.C=CCCn1cc(C#CC(C)(C)CO)c2c(c1=O)CC(C)=C2C(=O)OCC.C=CCCn1cc(C#CC(C)(C)O)c2c(c1=O)CC(C)=C2C(=O)OCC.C=CCn1cc(C#CC(C)(C)O)c2c(c1=O)CC(C)=C2C(=O)OCC.CCOC(=O)C1=C(C)Cc2c1c(C#CC(C)(C)O)cn(CC)c2=O. The summed E-state index contributed by atoms with van der Waals surface area (Å²) >= 11 is 0. The summed E-state index contributed by atoms with van der Waals surface area (Å²) in [6.07, 6.45) is 19.0. The first-order valence-corrected chi connectivity index (χ1v) is 43.3. The first-order valence-electron chi connectivity index (χ1n) is 43.3. The van der Waals surface area contributed by atoms with Crippen molar-refractivity contribution in [2.45, 2.75) is 246 Å². The number of aliphatic hydroxyl groups is 4. The first kappa shape index (κ1) is 106. The van der Waals surface area contributed by atoms with Crippen LogP contribution in [0, 0.1) is 70.0 Å². The molecule has 1 amide bonds. The van der Waals surface area contributed by atoms with Crippen LogP contribution in [0.1, 0.15) is 248 Å². The van der Waals surface area contributed by atoms with Gasteiger partial charge in [0.25, 0.3) is 27.8 Å². The predicted molar refractivity (Wildman–Crippen MR) is 506 cm³/mol. The van der Waals surface area contributed by atoms with E-state index in [1.807, 2.05) is 55.4 Å². The number of amides is 1. The number of aryl methyl sites for hydroxylation is 4. The van der Waals surface area contributed by atoms with E-state index in [0.717, 1.165) is 27.9 Å². The molecule has 5 aliphatic carbocycles. The van der Waals surface area contributed by atoms with Gasteiger partial charge in [-0.05, 0) is 165 Å². The van der Waals surface area contributed by atoms with E-state index in [1.165, 1.54) is 4.57 Å². The van der Waals surface area contributed by atoms with Gasteiger partial charge in [0.15, 0.2) is 0 Å². The lowest BCUT2D eigenvalue weighted by Gasteiger charge is -2.14. The van der Waals surface area contributed by atoms with Crippen LogP contribution in [0.5, 0.6) is 0 Å². The molecule has 0 unspecified atom stereocenters. The van der Waals surface area contributed by atoms with Crippen LogP contribution in [0.2, 0.25) is 0 Å². The van der Waals surface area contributed by atoms with E-state index in [0.29, 0.717) is 195 Å². The van der Waals surface area contributed by atoms with Crippen LogP contribution in [0.3, 0.4) is 0 Å². The minimum absolute atomic E-state index is 0.0854. The van der Waals surface area contributed by atoms with Crippen LogP contribution in [-0.4, -0.2) is 135 Å². The third kappa shape index (κ3) is 26.3. The molecule has 0 bridgehead atoms. The molecule has 0 spiro atoms. The lowest BCUT2D eigenvalue weighted by atomic mass is 9.92. The van der Waals surface area contributed by atoms with Crippen molar-refractivity contribution in [2.24, 2.45) is 16.6 Å². The molecule has 6 N–H and O–H groups in total. The van der Waals surface area contributed by atoms with Gasteiger partial charge in [-0.25, -0.2) is 24.0 Å². The van der Waals surface area contributed by atoms with E-state index >= 15 is 0 Å². The second-order valence-corrected chi connectivity index (χ2v) is 34.3. The fourth-order valence-corrected chi connectivity index (χ4v) is 14.5. The molecule has 26 heteroatoms. The molecule has 10 rings (SSSR count). The number of pyridine rings is 5. The highest BCUT2D eigenvalue weighted by atomic mass is 16.5. The summed E-state index contributed by atoms with van der Waals surface area (Å²) in [6.45, 7) is 54.4. The summed E-state index contributed by atoms with van der Waals surface area (Å²) in [6, 6.07) is 0. The normalized spacial score (nSPS) is 13.1. The lowest BCUT2D eigenvalue weighted by Crippen LogP contribution is -2.30. The Morgan fingerprint density at radius 2 is 0.592 bits per heavy atom. The summed E-state index contributed by atoms with van der Waals surface area (Å²) in [5.74, 6) is 26.3. The number of aromatic nitrogens is 5. The number of allylic oxidation sites excluding steroid dienone is 9. The predicted octanol–water partition coefficient (Wildman–Crippen LogP) is 11.2. The summed E-state index contributed by atoms with van der Waals surface area (Å²) in [7, 11) is 0. The Labute approximate surface area is 761 Å². The van der Waals surface area contributed by atoms with Crippen LogP contribution in [0.4, 0.5) is 0 Å². The van der Waals surface area contributed by atoms with Gasteiger partial charge in [-0.2, -0.15) is 0 Å². The summed E-state index contributed by atoms with van der Waals surface area (Å²) in [5, 5.41) is 39.2. The molecule has 0 radical (unpaired) electrons. The number of hydrogen-bond donors (Lipinski definition) is 5. The Bertz CT molecular complexity index is 6220. The second kappa shape index (κ2) is 45.7. The van der Waals surface area contributed by atoms with Crippen LogP contribution in [0.15, 0.2) is 133 Å². The Hall–Kier alpha value is -13.1. The highest BCUT2D eigenvalue weighted by molar-refractivity contribution is 6.23. The molecule has 0 fully saturated rings. The van der Waals surface area contributed by atoms with Crippen molar-refractivity contribution in [3.63, 3.8) is 0 Å². The Morgan fingerprint density at radius 1 is 0.369 bits per heavy atom. The number of carbonyl (C=O) groups excluding carboxylic acids is 6. The highest BCUT2D eigenvalue weighted by Crippen LogP contribution is 2.40. The Balaban J connectivity index is 0.000000251. The molecule has 0 saturated carbocycles. The van der Waals surface area contributed by atoms with Crippen molar-refractivity contribution in [1.82, 2.24) is 22.8 Å². The van der Waals surface area contributed by atoms with E-state index in [4.69, 9.17) is 29.4 Å². The summed E-state index contributed by atoms with van der Waals surface area (Å²) < 4.78 is 33.7. The van der Waals surface area contributed by atoms with Gasteiger partial charge >= 0.3 is 29.8 Å². The maximum Gasteiger partial charge on any atom is 0.338 e. The minimum atomic E-state index is -1.19. The molecule has 130 heavy (non-hydrogen) atoms. The van der Waals surface area contributed by atoms with Gasteiger partial charge in [-0.3, -0.25) is 28.8 Å². The number of nitrogens with zero attached hydrogens (tertiary/aromatic N) is 5. The average Bonchev–Trinajstić information content (AvgIpc) is 1.63. The molecule has 0 aliphatic heterocycles. The smallest absolute Gasteiger partial charge is 0.338 e. The van der Waals surface area contributed by atoms with Crippen molar-refractivity contribution in [1.29, 1.82) is 0 Å². The molecule has 0 atom stereocenters. The Morgan fingerprint density at radius 3 is 0.808 bits per heavy atom. The number of rotatable bonds is 24. The first-order chi connectivity index (χ1) is 61.0. The molecule has 5 aromatic rings. The van der Waals surface area contributed by atoms with Gasteiger partial charge < -0.3 is 72.7 Å². The molecule has 690 valence electrons. The standard InChI is InChI=1S/C22H26N2O4.C22H27NO4.C21H25NO4.C20H23NO4.C19H23NO4/c1-6-8-11-24-13-15(9-10-22(4,5)21(23)27)18-16(19(24)25)12-14(3)17(18)20(26)28-7-2;1-6-8-11-23-13-16(9-10-22(4,5)14-24)19-17(20(23)25)12-15(3)18(19)21(26)27-7-2;1-6-8-11-22-13-15(9-10-21(4,5)25)18-16(19(22)23)12-14(3)17(18)20(24)26-7-2;1-6-10-21-12-14(8-9-20(4,5)24)17-15(18(21)22)11-13(3)16(17)19(23)25-7-2;1-6-20-11-13(8-9-19(4,5)23)16-14(17(20)21)10-12(3)15(16)18(22)24-7-2/h6,13H,1,7-8,11-12H2,2-5H3,(H2,23,27);6,13,24H,1,7-8,11-12,14H2,2-5H3;6,13,25H,1,7-8,11-12H2,2-5H3;6,12,24H,1,7,10-11H2,2-5H3;11,23H,6-7,10H2,1-5H3. The van der Waals surface area contributed by atoms with Crippen LogP contribution in [-0.2, 0) is 117 Å². The number of primary amides is 1. The maximum atomic E-state index is 12.9. The van der Waals surface area contributed by atoms with Gasteiger partial charge in [0, 0.05) is 185 Å². The van der Waals surface area contributed by atoms with E-state index in [2.05, 4.69) is 85.5 Å². The van der Waals surface area contributed by atoms with Crippen LogP contribution < -0.4 is 33.5 Å². The number of nitrogens with two attached hydrogens (primary N) is 1. The Kier molecular flexibility index (Phi) is 37.2. The fourth-order valence-electron chi connectivity index (χ4n) is 14.5. The van der Waals surface area contributed by atoms with Crippen molar-refractivity contribution in [3.05, 3.63) is 245 Å². The maximum absolute atomic E-state index is 12.9. The molecular weight excluding hydrogens is 1650 g/mol. The number of hydrogen-bond acceptors (Lipinski definition) is 20. The monoisotopic (exact) mass is 1780 g/mol. The van der Waals surface area contributed by atoms with Crippen LogP contribution in [0.25, 0.3) is 27.9 Å². The van der Waals surface area contributed by atoms with Gasteiger partial charge in [0.1, 0.15) is 22.2 Å². The lowest BCUT2D eigenvalue weighted by molar-refractivity contribution is -0.137. The number of ether oxygens (including phenoxy) is 5. The zero-order valence-corrected chi connectivity index (χ0v) is 79.1. The van der Waals surface area contributed by atoms with Gasteiger partial charge in [-0.15, -0.1) is 26.3 Å². The van der Waals surface area contributed by atoms with Crippen molar-refractivity contribution < 1.29 is 72.9 Å². The second-order valence-electron chi connectivity index (χ2n) is 34.3.